The zero-order chi connectivity index (χ0) is 18.2. The third-order valence-corrected chi connectivity index (χ3v) is 5.71. The average Bonchev–Trinajstić information content (AvgIpc) is 2.93. The molecule has 0 aliphatic heterocycles. The van der Waals surface area contributed by atoms with E-state index in [0.29, 0.717) is 5.92 Å². The van der Waals surface area contributed by atoms with Crippen molar-refractivity contribution in [2.75, 3.05) is 0 Å². The molecule has 0 spiro atoms. The summed E-state index contributed by atoms with van der Waals surface area (Å²) in [6.45, 7) is 14.9. The molecule has 0 saturated heterocycles. The van der Waals surface area contributed by atoms with Crippen LogP contribution in [0.15, 0.2) is 60.4 Å². The molecule has 0 N–H and O–H groups in total. The first-order chi connectivity index (χ1) is 11.8. The highest BCUT2D eigenvalue weighted by Gasteiger charge is 2.21. The molecule has 1 aromatic heterocycles. The Labute approximate surface area is 155 Å². The molecule has 0 bridgehead atoms. The lowest BCUT2D eigenvalue weighted by Crippen LogP contribution is -2.12. The van der Waals surface area contributed by atoms with E-state index in [9.17, 15) is 0 Å². The van der Waals surface area contributed by atoms with Crippen LogP contribution in [0, 0.1) is 6.92 Å². The van der Waals surface area contributed by atoms with Crippen molar-refractivity contribution in [2.24, 2.45) is 0 Å². The van der Waals surface area contributed by atoms with Crippen molar-refractivity contribution in [3.8, 4) is 5.69 Å². The lowest BCUT2D eigenvalue weighted by molar-refractivity contribution is 0.838. The first kappa shape index (κ1) is 17.8. The molecule has 2 aromatic carbocycles. The van der Waals surface area contributed by atoms with Crippen LogP contribution in [0.1, 0.15) is 44.9 Å². The number of aromatic nitrogens is 2. The van der Waals surface area contributed by atoms with E-state index < -0.39 is 0 Å². The fraction of sp³-hybridized carbons (Fsp3) is 0.318. The van der Waals surface area contributed by atoms with Gasteiger partial charge in [0, 0.05) is 22.0 Å². The Kier molecular flexibility index (Phi) is 4.79. The molecule has 0 amide bonds. The van der Waals surface area contributed by atoms with Gasteiger partial charge < -0.3 is 0 Å². The first-order valence-electron chi connectivity index (χ1n) is 8.73. The van der Waals surface area contributed by atoms with Gasteiger partial charge in [-0.15, -0.1) is 6.58 Å². The van der Waals surface area contributed by atoms with Crippen molar-refractivity contribution >= 4 is 22.5 Å². The maximum absolute atomic E-state index is 4.67. The van der Waals surface area contributed by atoms with Crippen LogP contribution in [0.4, 0.5) is 0 Å². The van der Waals surface area contributed by atoms with Crippen molar-refractivity contribution in [1.29, 1.82) is 0 Å². The van der Waals surface area contributed by atoms with Crippen molar-refractivity contribution in [3.05, 3.63) is 66.5 Å². The number of imidazole rings is 1. The van der Waals surface area contributed by atoms with Crippen LogP contribution in [0.3, 0.4) is 0 Å². The summed E-state index contributed by atoms with van der Waals surface area (Å²) in [7, 11) is 0. The molecule has 25 heavy (non-hydrogen) atoms. The highest BCUT2D eigenvalue weighted by molar-refractivity contribution is 8.00. The van der Waals surface area contributed by atoms with Crippen LogP contribution < -0.4 is 0 Å². The zero-order valence-electron chi connectivity index (χ0n) is 15.7. The predicted octanol–water partition coefficient (Wildman–Crippen LogP) is 6.51. The first-order valence-corrected chi connectivity index (χ1v) is 9.54. The van der Waals surface area contributed by atoms with Crippen LogP contribution in [-0.4, -0.2) is 14.3 Å². The molecule has 3 aromatic rings. The van der Waals surface area contributed by atoms with Crippen molar-refractivity contribution in [2.45, 2.75) is 50.4 Å². The monoisotopic (exact) mass is 350 g/mol. The Morgan fingerprint density at radius 1 is 1.12 bits per heavy atom. The van der Waals surface area contributed by atoms with E-state index in [1.807, 2.05) is 12.3 Å². The minimum atomic E-state index is -0.0662. The van der Waals surface area contributed by atoms with Gasteiger partial charge in [-0.25, -0.2) is 4.98 Å². The molecule has 0 aliphatic carbocycles. The van der Waals surface area contributed by atoms with Crippen LogP contribution in [0.5, 0.6) is 0 Å². The van der Waals surface area contributed by atoms with Crippen molar-refractivity contribution < 1.29 is 0 Å². The van der Waals surface area contributed by atoms with Crippen LogP contribution >= 0.6 is 11.8 Å². The largest absolute Gasteiger partial charge is 0.291 e. The normalized spacial score (nSPS) is 12.1. The van der Waals surface area contributed by atoms with E-state index in [0.717, 1.165) is 10.9 Å². The van der Waals surface area contributed by atoms with Gasteiger partial charge in [-0.2, -0.15) is 0 Å². The SMILES string of the molecule is C=CC(C)(C)Sc1ncc(C)n1-c1ccc(C(C)C)c2ccccc12. The van der Waals surface area contributed by atoms with Gasteiger partial charge in [0.1, 0.15) is 0 Å². The Morgan fingerprint density at radius 2 is 1.80 bits per heavy atom. The minimum Gasteiger partial charge on any atom is -0.291 e. The fourth-order valence-electron chi connectivity index (χ4n) is 3.06. The smallest absolute Gasteiger partial charge is 0.173 e. The van der Waals surface area contributed by atoms with Crippen LogP contribution in [0.25, 0.3) is 16.5 Å². The molecule has 3 rings (SSSR count). The van der Waals surface area contributed by atoms with Crippen molar-refractivity contribution in [1.82, 2.24) is 9.55 Å². The number of rotatable bonds is 5. The summed E-state index contributed by atoms with van der Waals surface area (Å²) in [4.78, 5) is 4.67. The summed E-state index contributed by atoms with van der Waals surface area (Å²) in [5, 5.41) is 3.60. The number of benzene rings is 2. The molecule has 130 valence electrons. The molecule has 0 unspecified atom stereocenters. The van der Waals surface area contributed by atoms with Gasteiger partial charge in [0.25, 0.3) is 0 Å². The number of hydrogen-bond acceptors (Lipinski definition) is 2. The molecule has 2 nitrogen and oxygen atoms in total. The molecular weight excluding hydrogens is 324 g/mol. The number of fused-ring (bicyclic) bond motifs is 1. The lowest BCUT2D eigenvalue weighted by Gasteiger charge is -2.21. The second-order valence-corrected chi connectivity index (χ2v) is 8.92. The maximum atomic E-state index is 4.67. The Bertz CT molecular complexity index is 919. The maximum Gasteiger partial charge on any atom is 0.173 e. The van der Waals surface area contributed by atoms with Crippen LogP contribution in [-0.2, 0) is 0 Å². The van der Waals surface area contributed by atoms with Gasteiger partial charge in [0.15, 0.2) is 5.16 Å². The Balaban J connectivity index is 2.23. The minimum absolute atomic E-state index is 0.0662. The third kappa shape index (κ3) is 3.38. The second kappa shape index (κ2) is 6.72. The number of aryl methyl sites for hydroxylation is 1. The zero-order valence-corrected chi connectivity index (χ0v) is 16.5. The Hall–Kier alpha value is -2.00. The van der Waals surface area contributed by atoms with Gasteiger partial charge in [-0.1, -0.05) is 62.0 Å². The average molecular weight is 351 g/mol. The van der Waals surface area contributed by atoms with E-state index in [4.69, 9.17) is 0 Å². The molecule has 1 heterocycles. The van der Waals surface area contributed by atoms with E-state index in [2.05, 4.69) is 87.1 Å². The summed E-state index contributed by atoms with van der Waals surface area (Å²) in [6, 6.07) is 13.2. The predicted molar refractivity (Wildman–Crippen MR) is 110 cm³/mol. The van der Waals surface area contributed by atoms with Gasteiger partial charge in [0.2, 0.25) is 0 Å². The highest BCUT2D eigenvalue weighted by atomic mass is 32.2. The van der Waals surface area contributed by atoms with Gasteiger partial charge in [-0.05, 0) is 43.7 Å². The fourth-order valence-corrected chi connectivity index (χ4v) is 4.05. The van der Waals surface area contributed by atoms with Crippen molar-refractivity contribution in [3.63, 3.8) is 0 Å². The van der Waals surface area contributed by atoms with Gasteiger partial charge in [-0.3, -0.25) is 4.57 Å². The number of thioether (sulfide) groups is 1. The topological polar surface area (TPSA) is 17.8 Å². The molecule has 3 heteroatoms. The standard InChI is InChI=1S/C22H26N2S/c1-7-22(5,6)25-21-23-14-16(4)24(21)20-13-12-17(15(2)3)18-10-8-9-11-19(18)20/h7-15H,1H2,2-6H3. The number of hydrogen-bond donors (Lipinski definition) is 0. The lowest BCUT2D eigenvalue weighted by atomic mass is 9.95. The summed E-state index contributed by atoms with van der Waals surface area (Å²) >= 11 is 1.74. The molecule has 0 radical (unpaired) electrons. The summed E-state index contributed by atoms with van der Waals surface area (Å²) in [5.41, 5.74) is 3.72. The van der Waals surface area contributed by atoms with Crippen LogP contribution in [0.2, 0.25) is 0 Å². The van der Waals surface area contributed by atoms with Gasteiger partial charge >= 0.3 is 0 Å². The second-order valence-electron chi connectivity index (χ2n) is 7.30. The molecule has 0 fully saturated rings. The van der Waals surface area contributed by atoms with E-state index in [1.165, 1.54) is 22.0 Å². The van der Waals surface area contributed by atoms with E-state index >= 15 is 0 Å². The highest BCUT2D eigenvalue weighted by Crippen LogP contribution is 2.37. The van der Waals surface area contributed by atoms with Gasteiger partial charge in [0.05, 0.1) is 5.69 Å². The summed E-state index contributed by atoms with van der Waals surface area (Å²) < 4.78 is 2.20. The quantitative estimate of drug-likeness (QED) is 0.385. The molecule has 0 saturated carbocycles. The molecule has 0 atom stereocenters. The Morgan fingerprint density at radius 3 is 2.44 bits per heavy atom. The molecule has 0 aliphatic rings. The summed E-state index contributed by atoms with van der Waals surface area (Å²) in [6.07, 6.45) is 3.93. The third-order valence-electron chi connectivity index (χ3n) is 4.55. The summed E-state index contributed by atoms with van der Waals surface area (Å²) in [5.74, 6) is 0.497. The number of nitrogens with zero attached hydrogens (tertiary/aromatic N) is 2. The van der Waals surface area contributed by atoms with E-state index in [-0.39, 0.29) is 4.75 Å². The van der Waals surface area contributed by atoms with E-state index in [1.54, 1.807) is 11.8 Å². The molecular formula is C22H26N2S.